The summed E-state index contributed by atoms with van der Waals surface area (Å²) in [6.07, 6.45) is 1.78. The second kappa shape index (κ2) is 12.5. The third kappa shape index (κ3) is 6.48. The molecule has 12 heteroatoms. The number of imidazole rings is 1. The van der Waals surface area contributed by atoms with Crippen molar-refractivity contribution < 1.29 is 18.7 Å². The number of halogens is 1. The van der Waals surface area contributed by atoms with Gasteiger partial charge < -0.3 is 34.5 Å². The number of aromatic nitrogens is 4. The van der Waals surface area contributed by atoms with E-state index in [0.717, 1.165) is 16.9 Å². The number of amides is 2. The summed E-state index contributed by atoms with van der Waals surface area (Å²) < 4.78 is 26.5. The van der Waals surface area contributed by atoms with Gasteiger partial charge in [-0.15, -0.1) is 0 Å². The molecule has 3 aromatic carbocycles. The number of carbonyl (C=O) groups is 1. The topological polar surface area (TPSA) is 110 Å². The molecule has 0 bridgehead atoms. The van der Waals surface area contributed by atoms with Gasteiger partial charge in [0.1, 0.15) is 5.82 Å². The molecule has 2 aromatic heterocycles. The van der Waals surface area contributed by atoms with E-state index in [-0.39, 0.29) is 12.8 Å². The normalized spacial score (nSPS) is 11.9. The minimum atomic E-state index is -0.415. The molecule has 0 saturated heterocycles. The zero-order valence-electron chi connectivity index (χ0n) is 24.7. The van der Waals surface area contributed by atoms with Crippen LogP contribution in [0.1, 0.15) is 16.7 Å². The summed E-state index contributed by atoms with van der Waals surface area (Å²) in [6, 6.07) is 19.6. The van der Waals surface area contributed by atoms with Gasteiger partial charge in [-0.05, 0) is 48.4 Å². The predicted octanol–water partition coefficient (Wildman–Crippen LogP) is 5.26. The zero-order chi connectivity index (χ0) is 30.6. The number of nitrogens with one attached hydrogen (secondary N) is 2. The van der Waals surface area contributed by atoms with Crippen molar-refractivity contribution in [2.24, 2.45) is 0 Å². The average molecular weight is 597 g/mol. The minimum Gasteiger partial charge on any atom is -0.454 e. The lowest BCUT2D eigenvalue weighted by atomic mass is 10.1. The smallest absolute Gasteiger partial charge is 0.321 e. The molecular formula is C32H33FN8O3. The minimum absolute atomic E-state index is 0.217. The van der Waals surface area contributed by atoms with Gasteiger partial charge in [-0.1, -0.05) is 42.0 Å². The first-order chi connectivity index (χ1) is 21.3. The summed E-state index contributed by atoms with van der Waals surface area (Å²) in [4.78, 5) is 30.5. The van der Waals surface area contributed by atoms with Crippen LogP contribution in [0.5, 0.6) is 11.5 Å². The fourth-order valence-electron chi connectivity index (χ4n) is 4.87. The first kappa shape index (κ1) is 28.7. The summed E-state index contributed by atoms with van der Waals surface area (Å²) in [5.74, 6) is 2.10. The van der Waals surface area contributed by atoms with Gasteiger partial charge in [0.05, 0.1) is 12.9 Å². The van der Waals surface area contributed by atoms with E-state index >= 15 is 0 Å². The van der Waals surface area contributed by atoms with Crippen molar-refractivity contribution in [3.05, 3.63) is 95.6 Å². The van der Waals surface area contributed by atoms with Crippen LogP contribution >= 0.6 is 0 Å². The summed E-state index contributed by atoms with van der Waals surface area (Å²) in [5, 5.41) is 6.15. The molecule has 0 spiro atoms. The van der Waals surface area contributed by atoms with Gasteiger partial charge in [0, 0.05) is 39.4 Å². The second-order valence-corrected chi connectivity index (χ2v) is 10.7. The Bertz CT molecular complexity index is 1810. The van der Waals surface area contributed by atoms with Crippen LogP contribution in [0.3, 0.4) is 0 Å². The molecule has 0 radical (unpaired) electrons. The SMILES string of the molecule is Cc1cccc(Cn2cnc3c(NCc4ccc5c(c4)OCO5)nc(N(C)CCN(C)C(=O)Nc4cccc(F)c4)nc32)c1. The molecular weight excluding hydrogens is 563 g/mol. The lowest BCUT2D eigenvalue weighted by Crippen LogP contribution is -2.37. The highest BCUT2D eigenvalue weighted by molar-refractivity contribution is 5.89. The van der Waals surface area contributed by atoms with Gasteiger partial charge >= 0.3 is 6.03 Å². The lowest BCUT2D eigenvalue weighted by Gasteiger charge is -2.23. The number of rotatable bonds is 10. The van der Waals surface area contributed by atoms with E-state index in [1.165, 1.54) is 22.6 Å². The van der Waals surface area contributed by atoms with E-state index in [0.29, 0.717) is 60.5 Å². The van der Waals surface area contributed by atoms with Gasteiger partial charge in [0.2, 0.25) is 12.7 Å². The van der Waals surface area contributed by atoms with Crippen LogP contribution in [0.25, 0.3) is 11.2 Å². The van der Waals surface area contributed by atoms with E-state index in [1.807, 2.05) is 40.8 Å². The number of nitrogens with zero attached hydrogens (tertiary/aromatic N) is 6. The average Bonchev–Trinajstić information content (AvgIpc) is 3.65. The van der Waals surface area contributed by atoms with Gasteiger partial charge in [-0.2, -0.15) is 9.97 Å². The van der Waals surface area contributed by atoms with Crippen LogP contribution in [0, 0.1) is 12.7 Å². The van der Waals surface area contributed by atoms with Crippen LogP contribution < -0.4 is 25.0 Å². The Morgan fingerprint density at radius 1 is 0.977 bits per heavy atom. The standard InChI is InChI=1S/C32H33FN8O3/c1-21-6-4-7-23(14-21)18-41-19-35-28-29(34-17-22-10-11-26-27(15-22)44-20-43-26)37-31(38-30(28)41)39(2)12-13-40(3)32(42)36-25-9-5-8-24(33)16-25/h4-11,14-16,19H,12-13,17-18,20H2,1-3H3,(H,36,42)(H,34,37,38). The van der Waals surface area contributed by atoms with E-state index < -0.39 is 5.82 Å². The number of likely N-dealkylation sites (N-methyl/N-ethyl adjacent to an activating group) is 2. The first-order valence-electron chi connectivity index (χ1n) is 14.2. The van der Waals surface area contributed by atoms with E-state index in [1.54, 1.807) is 25.5 Å². The summed E-state index contributed by atoms with van der Waals surface area (Å²) in [5.41, 5.74) is 5.05. The molecule has 226 valence electrons. The molecule has 0 saturated carbocycles. The Morgan fingerprint density at radius 2 is 1.82 bits per heavy atom. The van der Waals surface area contributed by atoms with Gasteiger partial charge in [0.25, 0.3) is 0 Å². The summed E-state index contributed by atoms with van der Waals surface area (Å²) >= 11 is 0. The number of benzene rings is 3. The van der Waals surface area contributed by atoms with Gasteiger partial charge in [-0.25, -0.2) is 14.2 Å². The number of carbonyl (C=O) groups excluding carboxylic acids is 1. The fourth-order valence-corrected chi connectivity index (χ4v) is 4.87. The van der Waals surface area contributed by atoms with Crippen LogP contribution in [-0.2, 0) is 13.1 Å². The molecule has 0 aliphatic carbocycles. The maximum Gasteiger partial charge on any atom is 0.321 e. The van der Waals surface area contributed by atoms with E-state index in [9.17, 15) is 9.18 Å². The molecule has 11 nitrogen and oxygen atoms in total. The molecule has 5 aromatic rings. The highest BCUT2D eigenvalue weighted by atomic mass is 19.1. The Balaban J connectivity index is 1.22. The lowest BCUT2D eigenvalue weighted by molar-refractivity contribution is 0.174. The summed E-state index contributed by atoms with van der Waals surface area (Å²) in [7, 11) is 3.56. The van der Waals surface area contributed by atoms with Crippen molar-refractivity contribution in [3.8, 4) is 11.5 Å². The van der Waals surface area contributed by atoms with Crippen molar-refractivity contribution in [3.63, 3.8) is 0 Å². The largest absolute Gasteiger partial charge is 0.454 e. The van der Waals surface area contributed by atoms with Crippen LogP contribution in [-0.4, -0.2) is 64.4 Å². The highest BCUT2D eigenvalue weighted by Crippen LogP contribution is 2.33. The molecule has 44 heavy (non-hydrogen) atoms. The fraction of sp³-hybridized carbons (Fsp3) is 0.250. The summed E-state index contributed by atoms with van der Waals surface area (Å²) in [6.45, 7) is 4.20. The third-order valence-electron chi connectivity index (χ3n) is 7.32. The number of ether oxygens (including phenoxy) is 2. The molecule has 6 rings (SSSR count). The molecule has 2 N–H and O–H groups in total. The maximum absolute atomic E-state index is 13.5. The van der Waals surface area contributed by atoms with Crippen LogP contribution in [0.4, 0.5) is 26.6 Å². The second-order valence-electron chi connectivity index (χ2n) is 10.7. The maximum atomic E-state index is 13.5. The number of anilines is 3. The number of hydrogen-bond donors (Lipinski definition) is 2. The molecule has 0 fully saturated rings. The first-order valence-corrected chi connectivity index (χ1v) is 14.2. The van der Waals surface area contributed by atoms with Crippen LogP contribution in [0.15, 0.2) is 73.1 Å². The molecule has 3 heterocycles. The number of urea groups is 1. The molecule has 0 unspecified atom stereocenters. The van der Waals surface area contributed by atoms with Crippen molar-refractivity contribution in [2.45, 2.75) is 20.0 Å². The Kier molecular flexibility index (Phi) is 8.13. The van der Waals surface area contributed by atoms with E-state index in [2.05, 4.69) is 40.7 Å². The Labute approximate surface area is 254 Å². The highest BCUT2D eigenvalue weighted by Gasteiger charge is 2.18. The number of fused-ring (bicyclic) bond motifs is 2. The van der Waals surface area contributed by atoms with E-state index in [4.69, 9.17) is 19.4 Å². The monoisotopic (exact) mass is 596 g/mol. The van der Waals surface area contributed by atoms with Crippen molar-refractivity contribution in [2.75, 3.05) is 49.5 Å². The molecule has 1 aliphatic heterocycles. The Hall–Kier alpha value is -5.39. The van der Waals surface area contributed by atoms with Gasteiger partial charge in [-0.3, -0.25) is 0 Å². The zero-order valence-corrected chi connectivity index (χ0v) is 24.7. The molecule has 2 amide bonds. The van der Waals surface area contributed by atoms with Crippen molar-refractivity contribution in [1.29, 1.82) is 0 Å². The molecule has 1 aliphatic rings. The quantitative estimate of drug-likeness (QED) is 0.225. The number of hydrogen-bond acceptors (Lipinski definition) is 8. The predicted molar refractivity (Wildman–Crippen MR) is 167 cm³/mol. The van der Waals surface area contributed by atoms with Crippen molar-refractivity contribution in [1.82, 2.24) is 24.4 Å². The Morgan fingerprint density at radius 3 is 2.66 bits per heavy atom. The van der Waals surface area contributed by atoms with Crippen LogP contribution in [0.2, 0.25) is 0 Å². The molecule has 0 atom stereocenters. The third-order valence-corrected chi connectivity index (χ3v) is 7.32. The van der Waals surface area contributed by atoms with Crippen molar-refractivity contribution >= 4 is 34.6 Å². The van der Waals surface area contributed by atoms with Gasteiger partial charge in [0.15, 0.2) is 28.5 Å². The number of aryl methyl sites for hydroxylation is 1.